The molecule has 0 aliphatic carbocycles. The Balaban J connectivity index is 1.87. The average molecular weight is 388 g/mol. The first-order chi connectivity index (χ1) is 10.1. The molecule has 110 valence electrons. The number of para-hydroxylation sites is 1. The van der Waals surface area contributed by atoms with Crippen LogP contribution in [0.4, 0.5) is 5.69 Å². The predicted molar refractivity (Wildman–Crippen MR) is 90.9 cm³/mol. The number of hydrogen-bond acceptors (Lipinski definition) is 2. The maximum absolute atomic E-state index is 11.9. The van der Waals surface area contributed by atoms with Crippen LogP contribution in [0.3, 0.4) is 0 Å². The maximum Gasteiger partial charge on any atom is 0.238 e. The van der Waals surface area contributed by atoms with Crippen LogP contribution >= 0.6 is 39.1 Å². The molecule has 0 saturated heterocycles. The van der Waals surface area contributed by atoms with Gasteiger partial charge in [-0.1, -0.05) is 63.4 Å². The minimum Gasteiger partial charge on any atom is -0.322 e. The predicted octanol–water partition coefficient (Wildman–Crippen LogP) is 4.48. The van der Waals surface area contributed by atoms with E-state index in [2.05, 4.69) is 26.6 Å². The summed E-state index contributed by atoms with van der Waals surface area (Å²) >= 11 is 15.5. The Bertz CT molecular complexity index is 629. The van der Waals surface area contributed by atoms with Crippen molar-refractivity contribution < 1.29 is 4.79 Å². The second kappa shape index (κ2) is 7.80. The summed E-state index contributed by atoms with van der Waals surface area (Å²) in [7, 11) is 0. The van der Waals surface area contributed by atoms with Gasteiger partial charge >= 0.3 is 0 Å². The van der Waals surface area contributed by atoms with Crippen molar-refractivity contribution in [3.63, 3.8) is 0 Å². The lowest BCUT2D eigenvalue weighted by molar-refractivity contribution is -0.115. The minimum absolute atomic E-state index is 0.170. The van der Waals surface area contributed by atoms with Crippen LogP contribution in [0.1, 0.15) is 5.56 Å². The summed E-state index contributed by atoms with van der Waals surface area (Å²) in [4.78, 5) is 11.9. The van der Waals surface area contributed by atoms with Gasteiger partial charge in [-0.05, 0) is 23.8 Å². The van der Waals surface area contributed by atoms with Crippen molar-refractivity contribution in [3.05, 3.63) is 62.5 Å². The summed E-state index contributed by atoms with van der Waals surface area (Å²) in [5.74, 6) is -0.197. The summed E-state index contributed by atoms with van der Waals surface area (Å²) < 4.78 is 1.01. The first-order valence-corrected chi connectivity index (χ1v) is 7.81. The molecule has 0 fully saturated rings. The van der Waals surface area contributed by atoms with Crippen LogP contribution in [0.15, 0.2) is 46.9 Å². The molecule has 2 aromatic carbocycles. The SMILES string of the molecule is O=C(CNCc1ccccc1Br)Nc1c(Cl)cccc1Cl. The molecule has 0 aliphatic heterocycles. The van der Waals surface area contributed by atoms with E-state index >= 15 is 0 Å². The van der Waals surface area contributed by atoms with Crippen molar-refractivity contribution in [1.29, 1.82) is 0 Å². The molecular formula is C15H13BrCl2N2O. The lowest BCUT2D eigenvalue weighted by Crippen LogP contribution is -2.28. The van der Waals surface area contributed by atoms with E-state index in [4.69, 9.17) is 23.2 Å². The number of halogens is 3. The molecule has 2 rings (SSSR count). The first kappa shape index (κ1) is 16.3. The fourth-order valence-electron chi connectivity index (χ4n) is 1.75. The Morgan fingerprint density at radius 3 is 2.38 bits per heavy atom. The maximum atomic E-state index is 11.9. The van der Waals surface area contributed by atoms with Crippen LogP contribution in [-0.4, -0.2) is 12.5 Å². The van der Waals surface area contributed by atoms with Crippen molar-refractivity contribution in [1.82, 2.24) is 5.32 Å². The van der Waals surface area contributed by atoms with E-state index in [1.807, 2.05) is 24.3 Å². The van der Waals surface area contributed by atoms with Gasteiger partial charge in [-0.2, -0.15) is 0 Å². The van der Waals surface area contributed by atoms with Crippen LogP contribution in [-0.2, 0) is 11.3 Å². The van der Waals surface area contributed by atoms with Crippen LogP contribution in [0, 0.1) is 0 Å². The van der Waals surface area contributed by atoms with E-state index < -0.39 is 0 Å². The molecule has 0 radical (unpaired) electrons. The molecule has 2 N–H and O–H groups in total. The lowest BCUT2D eigenvalue weighted by atomic mass is 10.2. The van der Waals surface area contributed by atoms with Gasteiger partial charge < -0.3 is 10.6 Å². The van der Waals surface area contributed by atoms with Crippen molar-refractivity contribution in [3.8, 4) is 0 Å². The molecular weight excluding hydrogens is 375 g/mol. The highest BCUT2D eigenvalue weighted by Crippen LogP contribution is 2.29. The second-order valence-electron chi connectivity index (χ2n) is 4.34. The number of carbonyl (C=O) groups is 1. The Morgan fingerprint density at radius 2 is 1.71 bits per heavy atom. The van der Waals surface area contributed by atoms with Gasteiger partial charge in [0.25, 0.3) is 0 Å². The van der Waals surface area contributed by atoms with Crippen molar-refractivity contribution in [2.24, 2.45) is 0 Å². The lowest BCUT2D eigenvalue weighted by Gasteiger charge is -2.10. The third-order valence-corrected chi connectivity index (χ3v) is 4.19. The normalized spacial score (nSPS) is 10.4. The number of amides is 1. The third kappa shape index (κ3) is 4.71. The Morgan fingerprint density at radius 1 is 1.05 bits per heavy atom. The van der Waals surface area contributed by atoms with Gasteiger partial charge in [0.2, 0.25) is 5.91 Å². The average Bonchev–Trinajstić information content (AvgIpc) is 2.45. The molecule has 0 spiro atoms. The quantitative estimate of drug-likeness (QED) is 0.793. The molecule has 0 heterocycles. The zero-order valence-electron chi connectivity index (χ0n) is 11.0. The van der Waals surface area contributed by atoms with Gasteiger partial charge in [-0.15, -0.1) is 0 Å². The monoisotopic (exact) mass is 386 g/mol. The van der Waals surface area contributed by atoms with Crippen molar-refractivity contribution in [2.45, 2.75) is 6.54 Å². The Labute approximate surface area is 141 Å². The van der Waals surface area contributed by atoms with E-state index in [0.29, 0.717) is 22.3 Å². The molecule has 0 unspecified atom stereocenters. The van der Waals surface area contributed by atoms with Crippen LogP contribution in [0.25, 0.3) is 0 Å². The van der Waals surface area contributed by atoms with Crippen LogP contribution < -0.4 is 10.6 Å². The summed E-state index contributed by atoms with van der Waals surface area (Å²) in [6.45, 7) is 0.758. The van der Waals surface area contributed by atoms with Gasteiger partial charge in [-0.3, -0.25) is 4.79 Å². The summed E-state index contributed by atoms with van der Waals surface area (Å²) in [5, 5.41) is 6.61. The second-order valence-corrected chi connectivity index (χ2v) is 6.01. The summed E-state index contributed by atoms with van der Waals surface area (Å²) in [6, 6.07) is 12.9. The zero-order valence-corrected chi connectivity index (χ0v) is 14.1. The molecule has 0 atom stereocenters. The summed E-state index contributed by atoms with van der Waals surface area (Å²) in [5.41, 5.74) is 1.52. The molecule has 21 heavy (non-hydrogen) atoms. The molecule has 3 nitrogen and oxygen atoms in total. The highest BCUT2D eigenvalue weighted by Gasteiger charge is 2.09. The van der Waals surface area contributed by atoms with Gasteiger partial charge in [-0.25, -0.2) is 0 Å². The van der Waals surface area contributed by atoms with Crippen molar-refractivity contribution >= 4 is 50.7 Å². The van der Waals surface area contributed by atoms with E-state index in [1.165, 1.54) is 0 Å². The minimum atomic E-state index is -0.197. The number of nitrogens with one attached hydrogen (secondary N) is 2. The molecule has 1 amide bonds. The molecule has 6 heteroatoms. The van der Waals surface area contributed by atoms with Crippen molar-refractivity contribution in [2.75, 3.05) is 11.9 Å². The number of carbonyl (C=O) groups excluding carboxylic acids is 1. The molecule has 0 saturated carbocycles. The fraction of sp³-hybridized carbons (Fsp3) is 0.133. The molecule has 0 aliphatic rings. The number of anilines is 1. The number of benzene rings is 2. The molecule has 0 bridgehead atoms. The number of hydrogen-bond donors (Lipinski definition) is 2. The van der Waals surface area contributed by atoms with Gasteiger partial charge in [0.1, 0.15) is 0 Å². The van der Waals surface area contributed by atoms with E-state index in [-0.39, 0.29) is 12.5 Å². The highest BCUT2D eigenvalue weighted by molar-refractivity contribution is 9.10. The van der Waals surface area contributed by atoms with Gasteiger partial charge in [0, 0.05) is 11.0 Å². The smallest absolute Gasteiger partial charge is 0.238 e. The third-order valence-electron chi connectivity index (χ3n) is 2.79. The van der Waals surface area contributed by atoms with E-state index in [9.17, 15) is 4.79 Å². The van der Waals surface area contributed by atoms with Gasteiger partial charge in [0.05, 0.1) is 22.3 Å². The Hall–Kier alpha value is -1.07. The highest BCUT2D eigenvalue weighted by atomic mass is 79.9. The van der Waals surface area contributed by atoms with Crippen LogP contribution in [0.2, 0.25) is 10.0 Å². The number of rotatable bonds is 5. The van der Waals surface area contributed by atoms with E-state index in [1.54, 1.807) is 18.2 Å². The molecule has 0 aromatic heterocycles. The fourth-order valence-corrected chi connectivity index (χ4v) is 2.67. The first-order valence-electron chi connectivity index (χ1n) is 6.26. The van der Waals surface area contributed by atoms with Gasteiger partial charge in [0.15, 0.2) is 0 Å². The zero-order chi connectivity index (χ0) is 15.2. The largest absolute Gasteiger partial charge is 0.322 e. The van der Waals surface area contributed by atoms with Crippen LogP contribution in [0.5, 0.6) is 0 Å². The topological polar surface area (TPSA) is 41.1 Å². The summed E-state index contributed by atoms with van der Waals surface area (Å²) in [6.07, 6.45) is 0. The van der Waals surface area contributed by atoms with E-state index in [0.717, 1.165) is 10.0 Å². The molecule has 2 aromatic rings. The standard InChI is InChI=1S/C15H13BrCl2N2O/c16-11-5-2-1-4-10(11)8-19-9-14(21)20-15-12(17)6-3-7-13(15)18/h1-7,19H,8-9H2,(H,20,21). The Kier molecular flexibility index (Phi) is 6.06.